The maximum atomic E-state index is 13.0. The lowest BCUT2D eigenvalue weighted by Gasteiger charge is -2.18. The van der Waals surface area contributed by atoms with E-state index >= 15 is 0 Å². The highest BCUT2D eigenvalue weighted by Gasteiger charge is 2.25. The first-order valence-electron chi connectivity index (χ1n) is 11.9. The van der Waals surface area contributed by atoms with E-state index < -0.39 is 23.9 Å². The molecule has 0 saturated heterocycles. The molecule has 0 aliphatic heterocycles. The molecule has 0 aliphatic rings. The number of pyridine rings is 1. The van der Waals surface area contributed by atoms with Crippen molar-refractivity contribution in [3.63, 3.8) is 0 Å². The molecule has 1 N–H and O–H groups in total. The largest absolute Gasteiger partial charge is 0.497 e. The summed E-state index contributed by atoms with van der Waals surface area (Å²) in [6.07, 6.45) is 1.33. The number of hydrogen-bond donors (Lipinski definition) is 1. The van der Waals surface area contributed by atoms with E-state index in [4.69, 9.17) is 23.7 Å². The summed E-state index contributed by atoms with van der Waals surface area (Å²) in [5, 5.41) is 2.54. The second-order valence-corrected chi connectivity index (χ2v) is 8.29. The standard InChI is InChI=1S/C29H30N2O8/c1-17(31-28(33)26-27(39-19(3)32)24(37-6)15-16-30-26)29(34)38-18(2)25(20-7-11-22(35-4)12-8-20)21-9-13-23(36-5)14-10-21/h7-17H,1-6H3,(H,31,33)/t17-/m0/s1. The van der Waals surface area contributed by atoms with Crippen LogP contribution in [0.2, 0.25) is 0 Å². The fourth-order valence-corrected chi connectivity index (χ4v) is 3.70. The lowest BCUT2D eigenvalue weighted by atomic mass is 9.96. The SMILES string of the molecule is COc1ccc(C(=C(C)OC(=O)[C@H](C)NC(=O)c2nccc(OC)c2OC(C)=O)c2ccc(OC)cc2)cc1. The van der Waals surface area contributed by atoms with Crippen LogP contribution in [0.1, 0.15) is 42.4 Å². The zero-order valence-electron chi connectivity index (χ0n) is 22.6. The minimum atomic E-state index is -1.07. The van der Waals surface area contributed by atoms with E-state index in [1.165, 1.54) is 33.2 Å². The fraction of sp³-hybridized carbons (Fsp3) is 0.241. The quantitative estimate of drug-likeness (QED) is 0.302. The summed E-state index contributed by atoms with van der Waals surface area (Å²) in [4.78, 5) is 41.5. The minimum Gasteiger partial charge on any atom is -0.497 e. The van der Waals surface area contributed by atoms with Crippen molar-refractivity contribution >= 4 is 23.4 Å². The van der Waals surface area contributed by atoms with Crippen molar-refractivity contribution in [3.05, 3.63) is 83.4 Å². The van der Waals surface area contributed by atoms with Crippen molar-refractivity contribution in [3.8, 4) is 23.0 Å². The summed E-state index contributed by atoms with van der Waals surface area (Å²) in [6.45, 7) is 4.32. The molecule has 0 fully saturated rings. The van der Waals surface area contributed by atoms with Gasteiger partial charge in [-0.15, -0.1) is 0 Å². The monoisotopic (exact) mass is 534 g/mol. The number of carbonyl (C=O) groups excluding carboxylic acids is 3. The van der Waals surface area contributed by atoms with Crippen molar-refractivity contribution in [2.24, 2.45) is 0 Å². The van der Waals surface area contributed by atoms with Gasteiger partial charge >= 0.3 is 11.9 Å². The molecule has 10 heteroatoms. The summed E-state index contributed by atoms with van der Waals surface area (Å²) in [7, 11) is 4.52. The number of benzene rings is 2. The van der Waals surface area contributed by atoms with E-state index in [0.29, 0.717) is 22.8 Å². The van der Waals surface area contributed by atoms with Crippen LogP contribution in [0.5, 0.6) is 23.0 Å². The fourth-order valence-electron chi connectivity index (χ4n) is 3.70. The summed E-state index contributed by atoms with van der Waals surface area (Å²) in [5.74, 6) is -0.453. The molecule has 0 saturated carbocycles. The number of hydrogen-bond acceptors (Lipinski definition) is 9. The average Bonchev–Trinajstić information content (AvgIpc) is 2.93. The molecule has 0 radical (unpaired) electrons. The molecule has 1 heterocycles. The van der Waals surface area contributed by atoms with Crippen molar-refractivity contribution in [1.82, 2.24) is 10.3 Å². The van der Waals surface area contributed by atoms with Gasteiger partial charge in [-0.3, -0.25) is 9.59 Å². The molecule has 204 valence electrons. The van der Waals surface area contributed by atoms with Crippen LogP contribution in [0.3, 0.4) is 0 Å². The number of methoxy groups -OCH3 is 3. The van der Waals surface area contributed by atoms with E-state index in [9.17, 15) is 14.4 Å². The van der Waals surface area contributed by atoms with Crippen molar-refractivity contribution in [1.29, 1.82) is 0 Å². The molecule has 0 unspecified atom stereocenters. The Morgan fingerprint density at radius 1 is 0.795 bits per heavy atom. The zero-order valence-corrected chi connectivity index (χ0v) is 22.6. The van der Waals surface area contributed by atoms with Crippen molar-refractivity contribution in [2.75, 3.05) is 21.3 Å². The molecule has 0 bridgehead atoms. The Labute approximate surface area is 226 Å². The van der Waals surface area contributed by atoms with E-state index in [-0.39, 0.29) is 17.2 Å². The van der Waals surface area contributed by atoms with Crippen molar-refractivity contribution in [2.45, 2.75) is 26.8 Å². The van der Waals surface area contributed by atoms with Crippen molar-refractivity contribution < 1.29 is 38.1 Å². The van der Waals surface area contributed by atoms with Gasteiger partial charge in [-0.2, -0.15) is 0 Å². The second kappa shape index (κ2) is 13.1. The third kappa shape index (κ3) is 7.13. The third-order valence-corrected chi connectivity index (χ3v) is 5.61. The number of rotatable bonds is 10. The van der Waals surface area contributed by atoms with Gasteiger partial charge in [-0.05, 0) is 49.2 Å². The number of amides is 1. The molecular weight excluding hydrogens is 504 g/mol. The van der Waals surface area contributed by atoms with Crippen LogP contribution in [0.25, 0.3) is 5.57 Å². The smallest absolute Gasteiger partial charge is 0.333 e. The Balaban J connectivity index is 1.88. The van der Waals surface area contributed by atoms with Gasteiger partial charge in [0.15, 0.2) is 11.4 Å². The first kappa shape index (κ1) is 28.7. The van der Waals surface area contributed by atoms with E-state index in [0.717, 1.165) is 11.1 Å². The van der Waals surface area contributed by atoms with Gasteiger partial charge in [0.1, 0.15) is 23.3 Å². The first-order chi connectivity index (χ1) is 18.7. The van der Waals surface area contributed by atoms with Gasteiger partial charge in [-0.1, -0.05) is 24.3 Å². The van der Waals surface area contributed by atoms with Crippen LogP contribution in [0, 0.1) is 0 Å². The lowest BCUT2D eigenvalue weighted by Crippen LogP contribution is -2.40. The Bertz CT molecular complexity index is 1320. The zero-order chi connectivity index (χ0) is 28.5. The maximum absolute atomic E-state index is 13.0. The predicted octanol–water partition coefficient (Wildman–Crippen LogP) is 4.17. The molecule has 1 amide bonds. The summed E-state index contributed by atoms with van der Waals surface area (Å²) < 4.78 is 26.5. The third-order valence-electron chi connectivity index (χ3n) is 5.61. The Hall–Kier alpha value is -4.86. The van der Waals surface area contributed by atoms with E-state index in [1.54, 1.807) is 45.4 Å². The molecule has 3 rings (SSSR count). The number of nitrogens with one attached hydrogen (secondary N) is 1. The second-order valence-electron chi connectivity index (χ2n) is 8.29. The Kier molecular flexibility index (Phi) is 9.63. The summed E-state index contributed by atoms with van der Waals surface area (Å²) in [6, 6.07) is 15.0. The molecule has 39 heavy (non-hydrogen) atoms. The normalized spacial score (nSPS) is 11.0. The van der Waals surface area contributed by atoms with Gasteiger partial charge in [0.25, 0.3) is 5.91 Å². The van der Waals surface area contributed by atoms with Crippen LogP contribution < -0.4 is 24.3 Å². The van der Waals surface area contributed by atoms with E-state index in [1.807, 2.05) is 24.3 Å². The maximum Gasteiger partial charge on any atom is 0.333 e. The highest BCUT2D eigenvalue weighted by Crippen LogP contribution is 2.31. The van der Waals surface area contributed by atoms with Crippen LogP contribution in [-0.4, -0.2) is 50.2 Å². The van der Waals surface area contributed by atoms with Gasteiger partial charge in [0.2, 0.25) is 5.75 Å². The van der Waals surface area contributed by atoms with E-state index in [2.05, 4.69) is 10.3 Å². The van der Waals surface area contributed by atoms with Gasteiger partial charge in [0, 0.05) is 24.8 Å². The highest BCUT2D eigenvalue weighted by atomic mass is 16.6. The minimum absolute atomic E-state index is 0.142. The van der Waals surface area contributed by atoms with Gasteiger partial charge < -0.3 is 29.0 Å². The summed E-state index contributed by atoms with van der Waals surface area (Å²) in [5.41, 5.74) is 2.02. The number of allylic oxidation sites excluding steroid dienone is 1. The molecule has 1 atom stereocenters. The molecule has 1 aromatic heterocycles. The number of aromatic nitrogens is 1. The molecule has 0 aliphatic carbocycles. The summed E-state index contributed by atoms with van der Waals surface area (Å²) >= 11 is 0. The molecular formula is C29H30N2O8. The van der Waals surface area contributed by atoms with Crippen LogP contribution in [0.15, 0.2) is 66.6 Å². The molecule has 10 nitrogen and oxygen atoms in total. The number of nitrogens with zero attached hydrogens (tertiary/aromatic N) is 1. The highest BCUT2D eigenvalue weighted by molar-refractivity contribution is 5.98. The van der Waals surface area contributed by atoms with Gasteiger partial charge in [0.05, 0.1) is 21.3 Å². The topological polar surface area (TPSA) is 122 Å². The molecule has 3 aromatic rings. The molecule has 0 spiro atoms. The number of carbonyl (C=O) groups is 3. The van der Waals surface area contributed by atoms with Crippen LogP contribution in [-0.2, 0) is 14.3 Å². The first-order valence-corrected chi connectivity index (χ1v) is 11.9. The average molecular weight is 535 g/mol. The van der Waals surface area contributed by atoms with Crippen LogP contribution in [0.4, 0.5) is 0 Å². The predicted molar refractivity (Wildman–Crippen MR) is 143 cm³/mol. The number of ether oxygens (including phenoxy) is 5. The Morgan fingerprint density at radius 2 is 1.33 bits per heavy atom. The molecule has 2 aromatic carbocycles. The van der Waals surface area contributed by atoms with Crippen LogP contribution >= 0.6 is 0 Å². The lowest BCUT2D eigenvalue weighted by molar-refractivity contribution is -0.141. The Morgan fingerprint density at radius 3 is 1.79 bits per heavy atom. The van der Waals surface area contributed by atoms with Gasteiger partial charge in [-0.25, -0.2) is 9.78 Å². The number of esters is 2.